The third-order valence-electron chi connectivity index (χ3n) is 5.32. The van der Waals surface area contributed by atoms with Crippen molar-refractivity contribution in [3.8, 4) is 5.75 Å². The van der Waals surface area contributed by atoms with Crippen molar-refractivity contribution in [3.05, 3.63) is 65.4 Å². The smallest absolute Gasteiger partial charge is 0.416 e. The SMILES string of the molecule is COc1ccc(C(F)(F)F)c2c1[C@H](C(=O)NS(=O)(=O)c1cccc3ncccc13)CC2. The summed E-state index contributed by atoms with van der Waals surface area (Å²) in [6, 6.07) is 9.66. The number of nitrogens with one attached hydrogen (secondary N) is 1. The van der Waals surface area contributed by atoms with Crippen molar-refractivity contribution < 1.29 is 31.1 Å². The van der Waals surface area contributed by atoms with Crippen LogP contribution in [0.5, 0.6) is 5.75 Å². The van der Waals surface area contributed by atoms with Crippen molar-refractivity contribution in [1.82, 2.24) is 9.71 Å². The second-order valence-corrected chi connectivity index (χ2v) is 8.74. The van der Waals surface area contributed by atoms with Gasteiger partial charge in [-0.3, -0.25) is 9.78 Å². The van der Waals surface area contributed by atoms with Crippen molar-refractivity contribution in [2.45, 2.75) is 29.8 Å². The third-order valence-corrected chi connectivity index (χ3v) is 6.73. The minimum Gasteiger partial charge on any atom is -0.496 e. The molecule has 1 aliphatic carbocycles. The molecule has 0 aliphatic heterocycles. The van der Waals surface area contributed by atoms with E-state index in [-0.39, 0.29) is 34.6 Å². The number of alkyl halides is 3. The quantitative estimate of drug-likeness (QED) is 0.654. The number of pyridine rings is 1. The number of methoxy groups -OCH3 is 1. The number of carbonyl (C=O) groups is 1. The molecule has 0 saturated heterocycles. The first kappa shape index (κ1) is 21.1. The van der Waals surface area contributed by atoms with Gasteiger partial charge in [-0.25, -0.2) is 13.1 Å². The molecule has 6 nitrogen and oxygen atoms in total. The van der Waals surface area contributed by atoms with Crippen molar-refractivity contribution in [1.29, 1.82) is 0 Å². The van der Waals surface area contributed by atoms with Crippen LogP contribution in [-0.2, 0) is 27.4 Å². The van der Waals surface area contributed by atoms with Gasteiger partial charge >= 0.3 is 6.18 Å². The number of halogens is 3. The number of nitrogens with zero attached hydrogens (tertiary/aromatic N) is 1. The summed E-state index contributed by atoms with van der Waals surface area (Å²) >= 11 is 0. The highest BCUT2D eigenvalue weighted by atomic mass is 32.2. The van der Waals surface area contributed by atoms with E-state index in [1.54, 1.807) is 18.2 Å². The van der Waals surface area contributed by atoms with Gasteiger partial charge in [0.05, 0.1) is 29.0 Å². The minimum atomic E-state index is -4.59. The largest absolute Gasteiger partial charge is 0.496 e. The molecule has 162 valence electrons. The standard InChI is InChI=1S/C21H17F3N2O4S/c1-30-17-10-9-15(21(22,23)24)12-7-8-14(19(12)17)20(27)26-31(28,29)18-6-2-5-16-13(18)4-3-11-25-16/h2-6,9-11,14H,7-8H2,1H3,(H,26,27)/t14-/m1/s1. The topological polar surface area (TPSA) is 85.4 Å². The van der Waals surface area contributed by atoms with Crippen molar-refractivity contribution >= 4 is 26.8 Å². The van der Waals surface area contributed by atoms with Gasteiger partial charge in [-0.2, -0.15) is 13.2 Å². The van der Waals surface area contributed by atoms with Crippen LogP contribution in [0.25, 0.3) is 10.9 Å². The molecule has 1 atom stereocenters. The molecular weight excluding hydrogens is 433 g/mol. The summed E-state index contributed by atoms with van der Waals surface area (Å²) in [4.78, 5) is 16.9. The number of aromatic nitrogens is 1. The first-order chi connectivity index (χ1) is 14.6. The van der Waals surface area contributed by atoms with Gasteiger partial charge in [0.15, 0.2) is 0 Å². The zero-order valence-corrected chi connectivity index (χ0v) is 17.0. The molecule has 4 rings (SSSR count). The third kappa shape index (κ3) is 3.71. The highest BCUT2D eigenvalue weighted by Gasteiger charge is 2.41. The fourth-order valence-corrected chi connectivity index (χ4v) is 5.24. The molecule has 2 aromatic carbocycles. The van der Waals surface area contributed by atoms with Gasteiger partial charge in [-0.15, -0.1) is 0 Å². The number of sulfonamides is 1. The molecule has 31 heavy (non-hydrogen) atoms. The first-order valence-corrected chi connectivity index (χ1v) is 10.8. The van der Waals surface area contributed by atoms with Gasteiger partial charge in [0.1, 0.15) is 5.75 Å². The molecular formula is C21H17F3N2O4S. The van der Waals surface area contributed by atoms with Crippen LogP contribution in [0, 0.1) is 0 Å². The highest BCUT2D eigenvalue weighted by Crippen LogP contribution is 2.45. The molecule has 1 aromatic heterocycles. The Balaban J connectivity index is 1.71. The molecule has 1 aliphatic rings. The van der Waals surface area contributed by atoms with E-state index in [1.807, 2.05) is 4.72 Å². The average Bonchev–Trinajstić information content (AvgIpc) is 3.17. The molecule has 0 radical (unpaired) electrons. The zero-order valence-electron chi connectivity index (χ0n) is 16.2. The predicted octanol–water partition coefficient (Wildman–Crippen LogP) is 3.80. The van der Waals surface area contributed by atoms with Crippen LogP contribution in [0.1, 0.15) is 29.0 Å². The molecule has 1 heterocycles. The number of carbonyl (C=O) groups excluding carboxylic acids is 1. The number of hydrogen-bond donors (Lipinski definition) is 1. The summed E-state index contributed by atoms with van der Waals surface area (Å²) in [5, 5.41) is 0.328. The Kier molecular flexibility index (Phi) is 5.12. The fourth-order valence-electron chi connectivity index (χ4n) is 4.00. The predicted molar refractivity (Wildman–Crippen MR) is 106 cm³/mol. The van der Waals surface area contributed by atoms with Crippen molar-refractivity contribution in [3.63, 3.8) is 0 Å². The maximum atomic E-state index is 13.4. The second-order valence-electron chi connectivity index (χ2n) is 7.09. The number of amides is 1. The van der Waals surface area contributed by atoms with Gasteiger partial charge in [0.2, 0.25) is 5.91 Å². The number of fused-ring (bicyclic) bond motifs is 2. The minimum absolute atomic E-state index is 0.0162. The lowest BCUT2D eigenvalue weighted by Gasteiger charge is -2.18. The summed E-state index contributed by atoms with van der Waals surface area (Å²) in [6.07, 6.45) is -3.06. The molecule has 1 amide bonds. The lowest BCUT2D eigenvalue weighted by Crippen LogP contribution is -2.34. The Morgan fingerprint density at radius 1 is 1.16 bits per heavy atom. The summed E-state index contributed by atoms with van der Waals surface area (Å²) in [6.45, 7) is 0. The number of benzene rings is 2. The Morgan fingerprint density at radius 2 is 1.94 bits per heavy atom. The Bertz CT molecular complexity index is 1280. The lowest BCUT2D eigenvalue weighted by atomic mass is 9.96. The van der Waals surface area contributed by atoms with E-state index in [0.717, 1.165) is 12.1 Å². The molecule has 0 spiro atoms. The highest BCUT2D eigenvalue weighted by molar-refractivity contribution is 7.90. The Morgan fingerprint density at radius 3 is 2.65 bits per heavy atom. The van der Waals surface area contributed by atoms with Crippen molar-refractivity contribution in [2.24, 2.45) is 0 Å². The average molecular weight is 450 g/mol. The van der Waals surface area contributed by atoms with Gasteiger partial charge in [0, 0.05) is 17.1 Å². The Labute approximate surface area is 176 Å². The van der Waals surface area contributed by atoms with E-state index < -0.39 is 33.6 Å². The van der Waals surface area contributed by atoms with Crippen LogP contribution in [0.3, 0.4) is 0 Å². The van der Waals surface area contributed by atoms with E-state index in [4.69, 9.17) is 4.74 Å². The van der Waals surface area contributed by atoms with E-state index in [9.17, 15) is 26.4 Å². The monoisotopic (exact) mass is 450 g/mol. The summed E-state index contributed by atoms with van der Waals surface area (Å²) in [5.41, 5.74) is -0.384. The molecule has 1 N–H and O–H groups in total. The molecule has 10 heteroatoms. The number of ether oxygens (including phenoxy) is 1. The van der Waals surface area contributed by atoms with Crippen LogP contribution in [0.15, 0.2) is 53.6 Å². The van der Waals surface area contributed by atoms with Crippen molar-refractivity contribution in [2.75, 3.05) is 7.11 Å². The summed E-state index contributed by atoms with van der Waals surface area (Å²) < 4.78 is 73.3. The fraction of sp³-hybridized carbons (Fsp3) is 0.238. The maximum Gasteiger partial charge on any atom is 0.416 e. The van der Waals surface area contributed by atoms with Gasteiger partial charge in [0.25, 0.3) is 10.0 Å². The van der Waals surface area contributed by atoms with E-state index in [1.165, 1.54) is 25.4 Å². The number of hydrogen-bond acceptors (Lipinski definition) is 5. The van der Waals surface area contributed by atoms with Gasteiger partial charge in [-0.05, 0) is 54.8 Å². The van der Waals surface area contributed by atoms with Gasteiger partial charge in [-0.1, -0.05) is 6.07 Å². The summed E-state index contributed by atoms with van der Waals surface area (Å²) in [5.74, 6) is -1.88. The molecule has 0 saturated carbocycles. The maximum absolute atomic E-state index is 13.4. The molecule has 0 unspecified atom stereocenters. The normalized spacial score (nSPS) is 16.2. The zero-order chi connectivity index (χ0) is 22.4. The molecule has 0 fully saturated rings. The summed E-state index contributed by atoms with van der Waals surface area (Å²) in [7, 11) is -3.00. The molecule has 3 aromatic rings. The van der Waals surface area contributed by atoms with E-state index >= 15 is 0 Å². The van der Waals surface area contributed by atoms with Crippen LogP contribution < -0.4 is 9.46 Å². The van der Waals surface area contributed by atoms with E-state index in [0.29, 0.717) is 10.9 Å². The van der Waals surface area contributed by atoms with Crippen LogP contribution in [0.4, 0.5) is 13.2 Å². The van der Waals surface area contributed by atoms with Gasteiger partial charge < -0.3 is 4.74 Å². The van der Waals surface area contributed by atoms with Crippen LogP contribution in [0.2, 0.25) is 0 Å². The molecule has 0 bridgehead atoms. The van der Waals surface area contributed by atoms with Crippen LogP contribution in [-0.4, -0.2) is 26.4 Å². The Hall–Kier alpha value is -3.14. The van der Waals surface area contributed by atoms with E-state index in [2.05, 4.69) is 4.98 Å². The second kappa shape index (κ2) is 7.52. The van der Waals surface area contributed by atoms with Crippen LogP contribution >= 0.6 is 0 Å². The lowest BCUT2D eigenvalue weighted by molar-refractivity contribution is -0.138. The first-order valence-electron chi connectivity index (χ1n) is 9.31. The number of rotatable bonds is 4.